The fourth-order valence-corrected chi connectivity index (χ4v) is 6.18. The van der Waals surface area contributed by atoms with Crippen molar-refractivity contribution in [2.24, 2.45) is 4.99 Å². The van der Waals surface area contributed by atoms with Gasteiger partial charge in [0.1, 0.15) is 22.2 Å². The summed E-state index contributed by atoms with van der Waals surface area (Å²) in [6.45, 7) is 1.85. The Balaban J connectivity index is 1.56. The second-order valence-corrected chi connectivity index (χ2v) is 10.8. The summed E-state index contributed by atoms with van der Waals surface area (Å²) in [6.07, 6.45) is 7.15. The highest BCUT2D eigenvalue weighted by molar-refractivity contribution is 7.85. The molecule has 0 unspecified atom stereocenters. The van der Waals surface area contributed by atoms with Crippen LogP contribution in [-0.2, 0) is 34.3 Å². The van der Waals surface area contributed by atoms with E-state index in [2.05, 4.69) is 15.3 Å². The number of nitrogens with one attached hydrogen (secondary N) is 1. The number of imidazole rings is 1. The number of nitrogens with zero attached hydrogens (tertiary/aromatic N) is 3. The number of anilines is 1. The molecule has 3 aromatic rings. The Labute approximate surface area is 213 Å². The minimum atomic E-state index is -4.53. The number of carbonyl (C=O) groups is 1. The van der Waals surface area contributed by atoms with Crippen LogP contribution in [0.25, 0.3) is 5.57 Å². The molecule has 2 aromatic carbocycles. The van der Waals surface area contributed by atoms with E-state index >= 15 is 0 Å². The number of aromatic nitrogens is 2. The van der Waals surface area contributed by atoms with Crippen molar-refractivity contribution in [2.45, 2.75) is 50.0 Å². The van der Waals surface area contributed by atoms with E-state index in [4.69, 9.17) is 9.84 Å². The molecule has 0 spiro atoms. The summed E-state index contributed by atoms with van der Waals surface area (Å²) in [5, 5.41) is 13.1. The largest absolute Gasteiger partial charge is 0.481 e. The van der Waals surface area contributed by atoms with E-state index in [1.165, 1.54) is 6.07 Å². The first-order valence-corrected chi connectivity index (χ1v) is 13.8. The Morgan fingerprint density at radius 3 is 2.81 bits per heavy atom. The molecule has 0 amide bonds. The Hall–Kier alpha value is -3.70. The third kappa shape index (κ3) is 4.08. The van der Waals surface area contributed by atoms with Gasteiger partial charge in [0.05, 0.1) is 5.36 Å². The molecule has 192 valence electrons. The molecule has 0 saturated carbocycles. The quantitative estimate of drug-likeness (QED) is 0.236. The molecule has 0 atom stereocenters. The second kappa shape index (κ2) is 9.00. The number of hydrogen-bond donors (Lipinski definition) is 3. The molecule has 4 heterocycles. The predicted octanol–water partition coefficient (Wildman–Crippen LogP) is 2.27. The molecule has 0 bridgehead atoms. The maximum atomic E-state index is 12.4. The topological polar surface area (TPSA) is 143 Å². The van der Waals surface area contributed by atoms with E-state index in [-0.39, 0.29) is 16.7 Å². The van der Waals surface area contributed by atoms with Crippen molar-refractivity contribution in [2.75, 3.05) is 18.4 Å². The van der Waals surface area contributed by atoms with Gasteiger partial charge in [-0.2, -0.15) is 8.42 Å². The van der Waals surface area contributed by atoms with E-state index in [1.807, 2.05) is 22.9 Å². The van der Waals surface area contributed by atoms with Crippen LogP contribution in [0.2, 0.25) is 0 Å². The zero-order chi connectivity index (χ0) is 25.7. The highest BCUT2D eigenvalue weighted by Gasteiger charge is 2.32. The van der Waals surface area contributed by atoms with Crippen molar-refractivity contribution < 1.29 is 27.6 Å². The van der Waals surface area contributed by atoms with E-state index in [1.54, 1.807) is 6.20 Å². The molecule has 10 nitrogen and oxygen atoms in total. The zero-order valence-corrected chi connectivity index (χ0v) is 20.8. The number of carboxylic acid groups (broad SMARTS) is 1. The smallest absolute Gasteiger partial charge is 0.303 e. The number of ether oxygens (including phenoxy) is 1. The van der Waals surface area contributed by atoms with E-state index in [0.717, 1.165) is 53.9 Å². The monoisotopic (exact) mass is 522 g/mol. The van der Waals surface area contributed by atoms with Gasteiger partial charge in [-0.25, -0.2) is 4.98 Å². The maximum Gasteiger partial charge on any atom is 0.303 e. The summed E-state index contributed by atoms with van der Waals surface area (Å²) in [6, 6.07) is 5.41. The maximum absolute atomic E-state index is 12.4. The number of hydrogen-bond acceptors (Lipinski definition) is 7. The summed E-state index contributed by atoms with van der Waals surface area (Å²) in [7, 11) is -4.53. The van der Waals surface area contributed by atoms with Crippen LogP contribution in [0.5, 0.6) is 11.5 Å². The Morgan fingerprint density at radius 2 is 2.00 bits per heavy atom. The molecule has 0 radical (unpaired) electrons. The third-order valence-electron chi connectivity index (χ3n) is 7.15. The van der Waals surface area contributed by atoms with E-state index < -0.39 is 16.1 Å². The summed E-state index contributed by atoms with van der Waals surface area (Å²) < 4.78 is 43.3. The van der Waals surface area contributed by atoms with Crippen LogP contribution < -0.4 is 20.6 Å². The summed E-state index contributed by atoms with van der Waals surface area (Å²) >= 11 is 0. The van der Waals surface area contributed by atoms with Crippen LogP contribution in [-0.4, -0.2) is 46.7 Å². The van der Waals surface area contributed by atoms with Crippen LogP contribution in [0.4, 0.5) is 5.69 Å². The highest BCUT2D eigenvalue weighted by atomic mass is 32.2. The van der Waals surface area contributed by atoms with Crippen molar-refractivity contribution in [3.63, 3.8) is 0 Å². The second-order valence-electron chi connectivity index (χ2n) is 9.46. The van der Waals surface area contributed by atoms with E-state index in [0.29, 0.717) is 48.3 Å². The Morgan fingerprint density at radius 1 is 1.14 bits per heavy atom. The minimum Gasteiger partial charge on any atom is -0.481 e. The van der Waals surface area contributed by atoms with Gasteiger partial charge in [-0.05, 0) is 43.9 Å². The molecule has 37 heavy (non-hydrogen) atoms. The van der Waals surface area contributed by atoms with Gasteiger partial charge < -0.3 is 19.7 Å². The van der Waals surface area contributed by atoms with Gasteiger partial charge in [0, 0.05) is 71.6 Å². The first-order valence-electron chi connectivity index (χ1n) is 12.4. The lowest BCUT2D eigenvalue weighted by Gasteiger charge is -2.25. The number of aryl methyl sites for hydroxylation is 1. The minimum absolute atomic E-state index is 0.139. The lowest BCUT2D eigenvalue weighted by atomic mass is 9.93. The van der Waals surface area contributed by atoms with Gasteiger partial charge in [-0.15, -0.1) is 0 Å². The molecule has 6 rings (SSSR count). The van der Waals surface area contributed by atoms with Crippen LogP contribution >= 0.6 is 0 Å². The fraction of sp³-hybridized carbons (Fsp3) is 0.346. The van der Waals surface area contributed by atoms with Gasteiger partial charge in [-0.1, -0.05) is 6.42 Å². The number of unbranched alkanes of at least 4 members (excludes halogenated alkanes) is 2. The molecule has 3 N–H and O–H groups in total. The molecule has 3 aliphatic rings. The van der Waals surface area contributed by atoms with Crippen LogP contribution in [0.15, 0.2) is 40.5 Å². The van der Waals surface area contributed by atoms with Gasteiger partial charge in [0.2, 0.25) is 0 Å². The standard InChI is InChI=1S/C26H26N4O6S/c31-21(32)4-2-1-3-12-30-13-11-29-26(30)22-16-5-6-19-15(7-9-27-19)24(16)36-25-17-8-10-28-23(17)20(14-18(22)25)37(33,34)35/h5-6,11,13-14,27H,1-4,7-10,12H2,(H,31,32)(H,33,34,35). The van der Waals surface area contributed by atoms with Crippen molar-refractivity contribution in [1.82, 2.24) is 9.55 Å². The molecule has 1 aromatic heterocycles. The average molecular weight is 523 g/mol. The van der Waals surface area contributed by atoms with Crippen molar-refractivity contribution in [3.05, 3.63) is 63.7 Å². The SMILES string of the molecule is O=C(O)CCCCCn1ccnc1C1=c2cc(S(=O)(=O)O)c3c(c2Oc2c1ccc1c2CCN1)CCN=3. The van der Waals surface area contributed by atoms with Gasteiger partial charge >= 0.3 is 5.97 Å². The zero-order valence-electron chi connectivity index (χ0n) is 20.0. The average Bonchev–Trinajstić information content (AvgIpc) is 3.61. The van der Waals surface area contributed by atoms with Crippen LogP contribution in [0.1, 0.15) is 48.2 Å². The lowest BCUT2D eigenvalue weighted by Crippen LogP contribution is -2.28. The lowest BCUT2D eigenvalue weighted by molar-refractivity contribution is -0.137. The number of benzene rings is 2. The van der Waals surface area contributed by atoms with Crippen LogP contribution in [0, 0.1) is 0 Å². The molecule has 0 saturated heterocycles. The van der Waals surface area contributed by atoms with E-state index in [9.17, 15) is 17.8 Å². The van der Waals surface area contributed by atoms with Crippen molar-refractivity contribution in [1.29, 1.82) is 0 Å². The Kier molecular flexibility index (Phi) is 5.76. The number of fused-ring (bicyclic) bond motifs is 6. The van der Waals surface area contributed by atoms with Gasteiger partial charge in [0.15, 0.2) is 0 Å². The van der Waals surface area contributed by atoms with Gasteiger partial charge in [-0.3, -0.25) is 14.3 Å². The third-order valence-corrected chi connectivity index (χ3v) is 8.01. The number of carboxylic acids is 1. The molecule has 0 aliphatic carbocycles. The predicted molar refractivity (Wildman–Crippen MR) is 134 cm³/mol. The number of aliphatic carboxylic acids is 1. The molecular weight excluding hydrogens is 496 g/mol. The van der Waals surface area contributed by atoms with Crippen LogP contribution in [0.3, 0.4) is 0 Å². The van der Waals surface area contributed by atoms with Gasteiger partial charge in [0.25, 0.3) is 10.1 Å². The summed E-state index contributed by atoms with van der Waals surface area (Å²) in [5.41, 5.74) is 4.29. The highest BCUT2D eigenvalue weighted by Crippen LogP contribution is 2.44. The Bertz CT molecular complexity index is 1680. The fourth-order valence-electron chi connectivity index (χ4n) is 5.49. The summed E-state index contributed by atoms with van der Waals surface area (Å²) in [4.78, 5) is 19.7. The number of rotatable bonds is 8. The molecule has 11 heteroatoms. The first-order chi connectivity index (χ1) is 17.8. The molecular formula is C26H26N4O6S. The van der Waals surface area contributed by atoms with Crippen molar-refractivity contribution >= 4 is 27.3 Å². The van der Waals surface area contributed by atoms with Crippen molar-refractivity contribution in [3.8, 4) is 11.5 Å². The normalized spacial score (nSPS) is 15.2. The molecule has 3 aliphatic heterocycles. The first kappa shape index (κ1) is 23.7. The summed E-state index contributed by atoms with van der Waals surface area (Å²) in [5.74, 6) is 1.15. The molecule has 0 fully saturated rings.